The maximum Gasteiger partial charge on any atom is 0.321 e. The number of urea groups is 1. The first-order valence-corrected chi connectivity index (χ1v) is 11.6. The molecule has 10 heteroatoms. The molecular weight excluding hydrogens is 430 g/mol. The Morgan fingerprint density at radius 3 is 2.34 bits per heavy atom. The Morgan fingerprint density at radius 1 is 1.03 bits per heavy atom. The predicted molar refractivity (Wildman–Crippen MR) is 121 cm³/mol. The molecule has 9 nitrogen and oxygen atoms in total. The number of nitrogens with zero attached hydrogens (tertiary/aromatic N) is 4. The molecule has 2 heterocycles. The summed E-state index contributed by atoms with van der Waals surface area (Å²) < 4.78 is 31.5. The number of benzene rings is 2. The van der Waals surface area contributed by atoms with Crippen LogP contribution in [0.2, 0.25) is 0 Å². The summed E-state index contributed by atoms with van der Waals surface area (Å²) in [6, 6.07) is 16.1. The fourth-order valence-corrected chi connectivity index (χ4v) is 4.46. The number of aryl methyl sites for hydroxylation is 1. The van der Waals surface area contributed by atoms with Crippen molar-refractivity contribution in [3.63, 3.8) is 0 Å². The van der Waals surface area contributed by atoms with Gasteiger partial charge in [0, 0.05) is 49.8 Å². The van der Waals surface area contributed by atoms with E-state index in [2.05, 4.69) is 15.5 Å². The Morgan fingerprint density at radius 2 is 1.72 bits per heavy atom. The lowest BCUT2D eigenvalue weighted by Gasteiger charge is -2.33. The minimum Gasteiger partial charge on any atom is -0.339 e. The van der Waals surface area contributed by atoms with Crippen molar-refractivity contribution in [3.8, 4) is 11.4 Å². The maximum absolute atomic E-state index is 12.6. The summed E-state index contributed by atoms with van der Waals surface area (Å²) in [6.45, 7) is 2.82. The van der Waals surface area contributed by atoms with E-state index in [1.165, 1.54) is 9.71 Å². The van der Waals surface area contributed by atoms with E-state index in [0.29, 0.717) is 30.5 Å². The molecular formula is C22H23N5O4S. The van der Waals surface area contributed by atoms with Crippen molar-refractivity contribution in [2.75, 3.05) is 31.5 Å². The van der Waals surface area contributed by atoms with Gasteiger partial charge in [-0.15, -0.1) is 0 Å². The highest BCUT2D eigenvalue weighted by atomic mass is 32.2. The highest BCUT2D eigenvalue weighted by molar-refractivity contribution is 7.92. The number of sulfonamides is 1. The largest absolute Gasteiger partial charge is 0.339 e. The highest BCUT2D eigenvalue weighted by Crippen LogP contribution is 2.19. The molecule has 0 bridgehead atoms. The van der Waals surface area contributed by atoms with Crippen LogP contribution in [0.3, 0.4) is 0 Å². The van der Waals surface area contributed by atoms with Gasteiger partial charge in [-0.2, -0.15) is 9.29 Å². The molecule has 32 heavy (non-hydrogen) atoms. The molecule has 0 aliphatic carbocycles. The van der Waals surface area contributed by atoms with Gasteiger partial charge in [0.15, 0.2) is 0 Å². The van der Waals surface area contributed by atoms with Gasteiger partial charge in [0.2, 0.25) is 21.7 Å². The summed E-state index contributed by atoms with van der Waals surface area (Å²) in [7, 11) is -3.54. The lowest BCUT2D eigenvalue weighted by molar-refractivity contribution is 0.185. The molecule has 1 saturated heterocycles. The molecule has 2 aromatic carbocycles. The fraction of sp³-hybridized carbons (Fsp3) is 0.227. The van der Waals surface area contributed by atoms with Gasteiger partial charge in [-0.25, -0.2) is 13.2 Å². The quantitative estimate of drug-likeness (QED) is 0.636. The molecule has 1 aromatic heterocycles. The minimum atomic E-state index is -3.54. The van der Waals surface area contributed by atoms with Gasteiger partial charge in [0.1, 0.15) is 0 Å². The average Bonchev–Trinajstić information content (AvgIpc) is 3.25. The SMILES string of the molecule is Cc1nc(-c2ccc(NC(=O)N3CCN(S(=O)(=O)/C=C/c4ccccc4)CC3)cc2)no1. The molecule has 1 fully saturated rings. The smallest absolute Gasteiger partial charge is 0.321 e. The molecule has 1 aliphatic rings. The third kappa shape index (κ3) is 5.21. The second kappa shape index (κ2) is 9.33. The third-order valence-corrected chi connectivity index (χ3v) is 6.60. The lowest BCUT2D eigenvalue weighted by atomic mass is 10.2. The van der Waals surface area contributed by atoms with Crippen LogP contribution in [-0.4, -0.2) is 60.0 Å². The van der Waals surface area contributed by atoms with Crippen LogP contribution in [0.5, 0.6) is 0 Å². The molecule has 0 spiro atoms. The van der Waals surface area contributed by atoms with E-state index in [0.717, 1.165) is 11.1 Å². The van der Waals surface area contributed by atoms with E-state index >= 15 is 0 Å². The molecule has 166 valence electrons. The van der Waals surface area contributed by atoms with Gasteiger partial charge in [-0.3, -0.25) is 0 Å². The standard InChI is InChI=1S/C22H23N5O4S/c1-17-23-21(25-31-17)19-7-9-20(10-8-19)24-22(28)26-12-14-27(15-13-26)32(29,30)16-11-18-5-3-2-4-6-18/h2-11,16H,12-15H2,1H3,(H,24,28)/b16-11+. The first-order chi connectivity index (χ1) is 15.4. The van der Waals surface area contributed by atoms with Gasteiger partial charge in [-0.1, -0.05) is 35.5 Å². The highest BCUT2D eigenvalue weighted by Gasteiger charge is 2.27. The first-order valence-electron chi connectivity index (χ1n) is 10.1. The molecule has 1 aliphatic heterocycles. The average molecular weight is 454 g/mol. The van der Waals surface area contributed by atoms with Crippen molar-refractivity contribution in [2.24, 2.45) is 0 Å². The van der Waals surface area contributed by atoms with Crippen molar-refractivity contribution >= 4 is 27.8 Å². The monoisotopic (exact) mass is 453 g/mol. The zero-order valence-electron chi connectivity index (χ0n) is 17.5. The molecule has 0 saturated carbocycles. The fourth-order valence-electron chi connectivity index (χ4n) is 3.28. The van der Waals surface area contributed by atoms with Gasteiger partial charge < -0.3 is 14.7 Å². The maximum atomic E-state index is 12.6. The number of carbonyl (C=O) groups excluding carboxylic acids is 1. The first kappa shape index (κ1) is 21.7. The molecule has 0 radical (unpaired) electrons. The van der Waals surface area contributed by atoms with Gasteiger partial charge in [-0.05, 0) is 35.9 Å². The van der Waals surface area contributed by atoms with Crippen LogP contribution in [-0.2, 0) is 10.0 Å². The summed E-state index contributed by atoms with van der Waals surface area (Å²) in [5.41, 5.74) is 2.22. The zero-order valence-corrected chi connectivity index (χ0v) is 18.3. The summed E-state index contributed by atoms with van der Waals surface area (Å²) in [4.78, 5) is 18.4. The minimum absolute atomic E-state index is 0.241. The Bertz CT molecular complexity index is 1200. The Hall–Kier alpha value is -3.50. The molecule has 1 N–H and O–H groups in total. The van der Waals surface area contributed by atoms with E-state index < -0.39 is 10.0 Å². The Balaban J connectivity index is 1.31. The zero-order chi connectivity index (χ0) is 22.6. The van der Waals surface area contributed by atoms with Crippen LogP contribution in [0.15, 0.2) is 64.5 Å². The van der Waals surface area contributed by atoms with Crippen molar-refractivity contribution in [2.45, 2.75) is 6.92 Å². The van der Waals surface area contributed by atoms with E-state index in [1.807, 2.05) is 30.3 Å². The molecule has 2 amide bonds. The van der Waals surface area contributed by atoms with Crippen LogP contribution in [0.25, 0.3) is 17.5 Å². The number of hydrogen-bond donors (Lipinski definition) is 1. The molecule has 0 atom stereocenters. The third-order valence-electron chi connectivity index (χ3n) is 5.04. The van der Waals surface area contributed by atoms with Gasteiger partial charge >= 0.3 is 6.03 Å². The second-order valence-electron chi connectivity index (χ2n) is 7.29. The van der Waals surface area contributed by atoms with Gasteiger partial charge in [0.05, 0.1) is 0 Å². The topological polar surface area (TPSA) is 109 Å². The van der Waals surface area contributed by atoms with Crippen molar-refractivity contribution in [1.82, 2.24) is 19.3 Å². The number of rotatable bonds is 5. The van der Waals surface area contributed by atoms with Crippen LogP contribution in [0.1, 0.15) is 11.5 Å². The van der Waals surface area contributed by atoms with Crippen LogP contribution in [0, 0.1) is 6.92 Å². The summed E-state index contributed by atoms with van der Waals surface area (Å²) in [5, 5.41) is 7.92. The number of hydrogen-bond acceptors (Lipinski definition) is 6. The molecule has 3 aromatic rings. The van der Waals surface area contributed by atoms with Crippen LogP contribution in [0.4, 0.5) is 10.5 Å². The number of aromatic nitrogens is 2. The molecule has 0 unspecified atom stereocenters. The van der Waals surface area contributed by atoms with E-state index in [-0.39, 0.29) is 19.1 Å². The van der Waals surface area contributed by atoms with Crippen molar-refractivity contribution in [1.29, 1.82) is 0 Å². The number of amides is 2. The van der Waals surface area contributed by atoms with Gasteiger partial charge in [0.25, 0.3) is 0 Å². The summed E-state index contributed by atoms with van der Waals surface area (Å²) in [6.07, 6.45) is 1.58. The number of anilines is 1. The van der Waals surface area contributed by atoms with Crippen molar-refractivity contribution in [3.05, 3.63) is 71.5 Å². The van der Waals surface area contributed by atoms with E-state index in [4.69, 9.17) is 4.52 Å². The van der Waals surface area contributed by atoms with E-state index in [1.54, 1.807) is 42.2 Å². The number of piperazine rings is 1. The Kier molecular flexibility index (Phi) is 6.33. The van der Waals surface area contributed by atoms with Crippen LogP contribution >= 0.6 is 0 Å². The Labute approximate surface area is 186 Å². The summed E-state index contributed by atoms with van der Waals surface area (Å²) >= 11 is 0. The van der Waals surface area contributed by atoms with E-state index in [9.17, 15) is 13.2 Å². The normalized spacial score (nSPS) is 15.2. The number of nitrogens with one attached hydrogen (secondary N) is 1. The van der Waals surface area contributed by atoms with Crippen LogP contribution < -0.4 is 5.32 Å². The number of carbonyl (C=O) groups is 1. The molecule has 4 rings (SSSR count). The van der Waals surface area contributed by atoms with Crippen molar-refractivity contribution < 1.29 is 17.7 Å². The second-order valence-corrected chi connectivity index (χ2v) is 9.11. The predicted octanol–water partition coefficient (Wildman–Crippen LogP) is 3.20. The lowest BCUT2D eigenvalue weighted by Crippen LogP contribution is -2.51. The summed E-state index contributed by atoms with van der Waals surface area (Å²) in [5.74, 6) is 0.966.